The quantitative estimate of drug-likeness (QED) is 0.621. The first-order valence-electron chi connectivity index (χ1n) is 2.90. The summed E-state index contributed by atoms with van der Waals surface area (Å²) in [6.45, 7) is 1.69. The van der Waals surface area contributed by atoms with Gasteiger partial charge in [-0.1, -0.05) is 23.2 Å². The first kappa shape index (κ1) is 8.50. The fourth-order valence-electron chi connectivity index (χ4n) is 0.726. The molecule has 0 heterocycles. The van der Waals surface area contributed by atoms with Crippen molar-refractivity contribution in [2.24, 2.45) is 0 Å². The molecule has 0 aliphatic rings. The second-order valence-electron chi connectivity index (χ2n) is 2.19. The molecule has 4 heteroatoms. The first-order chi connectivity index (χ1) is 5.04. The van der Waals surface area contributed by atoms with E-state index in [1.807, 2.05) is 0 Å². The molecule has 0 aliphatic carbocycles. The van der Waals surface area contributed by atoms with Crippen molar-refractivity contribution in [1.82, 2.24) is 0 Å². The van der Waals surface area contributed by atoms with Gasteiger partial charge in [-0.2, -0.15) is 0 Å². The van der Waals surface area contributed by atoms with Crippen molar-refractivity contribution in [3.8, 4) is 11.5 Å². The van der Waals surface area contributed by atoms with E-state index in [4.69, 9.17) is 33.4 Å². The van der Waals surface area contributed by atoms with Crippen molar-refractivity contribution in [2.45, 2.75) is 6.92 Å². The minimum atomic E-state index is -0.373. The van der Waals surface area contributed by atoms with Crippen molar-refractivity contribution in [3.63, 3.8) is 0 Å². The Kier molecular flexibility index (Phi) is 2.16. The van der Waals surface area contributed by atoms with E-state index < -0.39 is 0 Å². The summed E-state index contributed by atoms with van der Waals surface area (Å²) in [5, 5.41) is 18.4. The number of hydrogen-bond acceptors (Lipinski definition) is 2. The van der Waals surface area contributed by atoms with Crippen LogP contribution in [0, 0.1) is 6.92 Å². The van der Waals surface area contributed by atoms with Crippen molar-refractivity contribution in [1.29, 1.82) is 0 Å². The van der Waals surface area contributed by atoms with Crippen LogP contribution in [0.5, 0.6) is 11.5 Å². The van der Waals surface area contributed by atoms with E-state index in [0.29, 0.717) is 5.56 Å². The third-order valence-corrected chi connectivity index (χ3v) is 2.11. The van der Waals surface area contributed by atoms with E-state index in [9.17, 15) is 0 Å². The molecule has 0 fully saturated rings. The minimum absolute atomic E-state index is 0.101. The van der Waals surface area contributed by atoms with Crippen molar-refractivity contribution >= 4 is 23.2 Å². The molecular weight excluding hydrogens is 187 g/mol. The van der Waals surface area contributed by atoms with Crippen LogP contribution in [0.25, 0.3) is 0 Å². The molecule has 2 nitrogen and oxygen atoms in total. The van der Waals surface area contributed by atoms with Gasteiger partial charge >= 0.3 is 0 Å². The van der Waals surface area contributed by atoms with E-state index in [1.165, 1.54) is 6.07 Å². The first-order valence-corrected chi connectivity index (χ1v) is 3.66. The highest BCUT2D eigenvalue weighted by Gasteiger charge is 2.11. The Labute approximate surface area is 74.0 Å². The van der Waals surface area contributed by atoms with E-state index in [-0.39, 0.29) is 21.5 Å². The topological polar surface area (TPSA) is 40.5 Å². The molecular formula is C7H6Cl2O2. The van der Waals surface area contributed by atoms with Crippen molar-refractivity contribution < 1.29 is 10.2 Å². The monoisotopic (exact) mass is 192 g/mol. The highest BCUT2D eigenvalue weighted by molar-refractivity contribution is 6.36. The van der Waals surface area contributed by atoms with Crippen molar-refractivity contribution in [2.75, 3.05) is 0 Å². The fraction of sp³-hybridized carbons (Fsp3) is 0.143. The molecule has 0 saturated carbocycles. The van der Waals surface area contributed by atoms with Gasteiger partial charge in [0.1, 0.15) is 0 Å². The Bertz CT molecular complexity index is 271. The number of rotatable bonds is 0. The van der Waals surface area contributed by atoms with E-state index in [2.05, 4.69) is 0 Å². The third-order valence-electron chi connectivity index (χ3n) is 1.35. The summed E-state index contributed by atoms with van der Waals surface area (Å²) in [4.78, 5) is 0. The van der Waals surface area contributed by atoms with Crippen LogP contribution in [0.1, 0.15) is 5.56 Å². The molecule has 0 aliphatic heterocycles. The van der Waals surface area contributed by atoms with Crippen LogP contribution in [-0.4, -0.2) is 10.2 Å². The average Bonchev–Trinajstić information content (AvgIpc) is 1.97. The van der Waals surface area contributed by atoms with Gasteiger partial charge in [-0.15, -0.1) is 0 Å². The smallest absolute Gasteiger partial charge is 0.178 e. The van der Waals surface area contributed by atoms with Gasteiger partial charge < -0.3 is 10.2 Å². The zero-order chi connectivity index (χ0) is 8.59. The predicted octanol–water partition coefficient (Wildman–Crippen LogP) is 2.71. The summed E-state index contributed by atoms with van der Waals surface area (Å²) in [7, 11) is 0. The van der Waals surface area contributed by atoms with E-state index in [0.717, 1.165) is 0 Å². The molecule has 0 saturated heterocycles. The Morgan fingerprint density at radius 1 is 1.18 bits per heavy atom. The summed E-state index contributed by atoms with van der Waals surface area (Å²) in [6, 6.07) is 1.49. The number of phenols is 2. The second kappa shape index (κ2) is 2.80. The van der Waals surface area contributed by atoms with Crippen LogP contribution < -0.4 is 0 Å². The molecule has 11 heavy (non-hydrogen) atoms. The molecule has 1 aromatic rings. The van der Waals surface area contributed by atoms with Gasteiger partial charge in [0.15, 0.2) is 11.5 Å². The summed E-state index contributed by atoms with van der Waals surface area (Å²) in [5.74, 6) is -0.737. The zero-order valence-corrected chi connectivity index (χ0v) is 7.24. The molecule has 2 N–H and O–H groups in total. The van der Waals surface area contributed by atoms with Crippen LogP contribution in [0.3, 0.4) is 0 Å². The maximum absolute atomic E-state index is 9.10. The van der Waals surface area contributed by atoms with Crippen molar-refractivity contribution in [3.05, 3.63) is 21.7 Å². The normalized spacial score (nSPS) is 10.1. The van der Waals surface area contributed by atoms with Crippen LogP contribution in [-0.2, 0) is 0 Å². The van der Waals surface area contributed by atoms with Crippen LogP contribution >= 0.6 is 23.2 Å². The summed E-state index contributed by atoms with van der Waals surface area (Å²) in [6.07, 6.45) is 0. The Balaban J connectivity index is 3.46. The van der Waals surface area contributed by atoms with Crippen LogP contribution in [0.15, 0.2) is 6.07 Å². The molecule has 0 spiro atoms. The van der Waals surface area contributed by atoms with Crippen LogP contribution in [0.4, 0.5) is 0 Å². The Morgan fingerprint density at radius 3 is 2.27 bits per heavy atom. The summed E-state index contributed by atoms with van der Waals surface area (Å²) >= 11 is 11.1. The average molecular weight is 193 g/mol. The lowest BCUT2D eigenvalue weighted by Crippen LogP contribution is -1.78. The van der Waals surface area contributed by atoms with E-state index >= 15 is 0 Å². The SMILES string of the molecule is Cc1cc(Cl)c(O)c(O)c1Cl. The molecule has 0 aromatic heterocycles. The standard InChI is InChI=1S/C7H6Cl2O2/c1-3-2-4(8)6(10)7(11)5(3)9/h2,10-11H,1H3. The number of aryl methyl sites for hydroxylation is 1. The lowest BCUT2D eigenvalue weighted by molar-refractivity contribution is 0.404. The van der Waals surface area contributed by atoms with Gasteiger partial charge in [0.2, 0.25) is 0 Å². The summed E-state index contributed by atoms with van der Waals surface area (Å²) < 4.78 is 0. The number of benzene rings is 1. The molecule has 60 valence electrons. The lowest BCUT2D eigenvalue weighted by Gasteiger charge is -2.04. The Morgan fingerprint density at radius 2 is 1.73 bits per heavy atom. The molecule has 0 bridgehead atoms. The molecule has 0 atom stereocenters. The molecule has 0 radical (unpaired) electrons. The maximum atomic E-state index is 9.10. The number of halogens is 2. The van der Waals surface area contributed by atoms with Gasteiger partial charge in [0.05, 0.1) is 10.0 Å². The molecule has 1 rings (SSSR count). The molecule has 0 amide bonds. The van der Waals surface area contributed by atoms with Gasteiger partial charge in [-0.05, 0) is 18.6 Å². The van der Waals surface area contributed by atoms with Gasteiger partial charge in [0, 0.05) is 0 Å². The van der Waals surface area contributed by atoms with Gasteiger partial charge in [-0.25, -0.2) is 0 Å². The highest BCUT2D eigenvalue weighted by atomic mass is 35.5. The third kappa shape index (κ3) is 1.37. The maximum Gasteiger partial charge on any atom is 0.178 e. The fourth-order valence-corrected chi connectivity index (χ4v) is 1.12. The molecule has 1 aromatic carbocycles. The molecule has 0 unspecified atom stereocenters. The number of aromatic hydroxyl groups is 2. The predicted molar refractivity (Wildman–Crippen MR) is 44.5 cm³/mol. The number of hydrogen-bond donors (Lipinski definition) is 2. The Hall–Kier alpha value is -0.600. The highest BCUT2D eigenvalue weighted by Crippen LogP contribution is 2.40. The lowest BCUT2D eigenvalue weighted by atomic mass is 10.2. The second-order valence-corrected chi connectivity index (χ2v) is 2.97. The summed E-state index contributed by atoms with van der Waals surface area (Å²) in [5.41, 5.74) is 0.631. The van der Waals surface area contributed by atoms with Gasteiger partial charge in [-0.3, -0.25) is 0 Å². The number of phenolic OH excluding ortho intramolecular Hbond substituents is 2. The zero-order valence-electron chi connectivity index (χ0n) is 5.73. The minimum Gasteiger partial charge on any atom is -0.503 e. The largest absolute Gasteiger partial charge is 0.503 e. The van der Waals surface area contributed by atoms with Gasteiger partial charge in [0.25, 0.3) is 0 Å². The van der Waals surface area contributed by atoms with Crippen LogP contribution in [0.2, 0.25) is 10.0 Å². The van der Waals surface area contributed by atoms with E-state index in [1.54, 1.807) is 6.92 Å².